The highest BCUT2D eigenvalue weighted by molar-refractivity contribution is 6.13. The molecule has 3 rings (SSSR count). The van der Waals surface area contributed by atoms with Gasteiger partial charge in [0.25, 0.3) is 0 Å². The molecule has 2 atom stereocenters. The standard InChI is InChI=1S/C33H41NO7/c1-6-23(29(36)40-18-12-11-17-35)20-33(4,31(38)39-5)22-32(2,3)30(37)41-34-21-28-26-15-9-7-13-24(26)19-25-14-8-10-16-27(25)28/h7-10,13-16,19,21,23,35H,6,11-12,17-18,20,22H2,1-5H3/b34-21+. The smallest absolute Gasteiger partial charge is 0.340 e. The largest absolute Gasteiger partial charge is 0.469 e. The highest BCUT2D eigenvalue weighted by Crippen LogP contribution is 2.41. The molecule has 0 bridgehead atoms. The highest BCUT2D eigenvalue weighted by Gasteiger charge is 2.46. The topological polar surface area (TPSA) is 111 Å². The van der Waals surface area contributed by atoms with Gasteiger partial charge in [0, 0.05) is 12.2 Å². The van der Waals surface area contributed by atoms with Crippen LogP contribution in [-0.2, 0) is 28.7 Å². The number of ether oxygens (including phenoxy) is 2. The number of unbranched alkanes of at least 4 members (excludes halogenated alkanes) is 1. The molecular formula is C33H41NO7. The molecule has 0 aliphatic heterocycles. The maximum Gasteiger partial charge on any atom is 0.340 e. The van der Waals surface area contributed by atoms with Gasteiger partial charge in [0.15, 0.2) is 0 Å². The number of benzene rings is 3. The number of methoxy groups -OCH3 is 1. The Bertz CT molecular complexity index is 1340. The van der Waals surface area contributed by atoms with E-state index in [1.807, 2.05) is 55.5 Å². The van der Waals surface area contributed by atoms with Crippen LogP contribution < -0.4 is 0 Å². The molecule has 3 aromatic carbocycles. The maximum absolute atomic E-state index is 13.3. The summed E-state index contributed by atoms with van der Waals surface area (Å²) in [6.45, 7) is 7.15. The van der Waals surface area contributed by atoms with Crippen molar-refractivity contribution in [3.05, 3.63) is 60.2 Å². The van der Waals surface area contributed by atoms with Crippen LogP contribution in [0.5, 0.6) is 0 Å². The molecule has 41 heavy (non-hydrogen) atoms. The minimum atomic E-state index is -1.16. The summed E-state index contributed by atoms with van der Waals surface area (Å²) >= 11 is 0. The normalized spacial score (nSPS) is 14.1. The summed E-state index contributed by atoms with van der Waals surface area (Å²) in [5.41, 5.74) is -1.44. The number of carbonyl (C=O) groups is 3. The first-order valence-electron chi connectivity index (χ1n) is 14.1. The maximum atomic E-state index is 13.3. The molecule has 0 aromatic heterocycles. The van der Waals surface area contributed by atoms with E-state index in [4.69, 9.17) is 19.4 Å². The lowest BCUT2D eigenvalue weighted by Gasteiger charge is -2.35. The molecule has 3 aromatic rings. The van der Waals surface area contributed by atoms with E-state index >= 15 is 0 Å². The van der Waals surface area contributed by atoms with Gasteiger partial charge in [-0.1, -0.05) is 60.6 Å². The molecule has 0 heterocycles. The first-order chi connectivity index (χ1) is 19.6. The first-order valence-corrected chi connectivity index (χ1v) is 14.1. The third-order valence-corrected chi connectivity index (χ3v) is 7.51. The van der Waals surface area contributed by atoms with Gasteiger partial charge in [-0.2, -0.15) is 0 Å². The molecule has 0 saturated heterocycles. The predicted octanol–water partition coefficient (Wildman–Crippen LogP) is 6.20. The SMILES string of the molecule is CCC(CC(C)(CC(C)(C)C(=O)O/N=C/c1c2ccccc2cc2ccccc12)C(=O)OC)C(=O)OCCCCO. The number of hydrogen-bond donors (Lipinski definition) is 1. The quantitative estimate of drug-likeness (QED) is 0.0621. The van der Waals surface area contributed by atoms with E-state index in [1.165, 1.54) is 7.11 Å². The van der Waals surface area contributed by atoms with Crippen LogP contribution in [0.25, 0.3) is 21.5 Å². The fourth-order valence-corrected chi connectivity index (χ4v) is 5.40. The average molecular weight is 564 g/mol. The number of aliphatic hydroxyl groups excluding tert-OH is 1. The molecule has 8 heteroatoms. The fourth-order valence-electron chi connectivity index (χ4n) is 5.40. The molecule has 0 fully saturated rings. The van der Waals surface area contributed by atoms with Crippen molar-refractivity contribution in [2.75, 3.05) is 20.3 Å². The van der Waals surface area contributed by atoms with Gasteiger partial charge in [0.05, 0.1) is 36.7 Å². The van der Waals surface area contributed by atoms with E-state index in [9.17, 15) is 14.4 Å². The Kier molecular flexibility index (Phi) is 11.0. The lowest BCUT2D eigenvalue weighted by atomic mass is 9.69. The van der Waals surface area contributed by atoms with Crippen molar-refractivity contribution in [3.8, 4) is 0 Å². The van der Waals surface area contributed by atoms with E-state index in [-0.39, 0.29) is 26.1 Å². The van der Waals surface area contributed by atoms with E-state index in [0.29, 0.717) is 19.3 Å². The van der Waals surface area contributed by atoms with Crippen molar-refractivity contribution in [3.63, 3.8) is 0 Å². The predicted molar refractivity (Wildman–Crippen MR) is 159 cm³/mol. The summed E-state index contributed by atoms with van der Waals surface area (Å²) in [5, 5.41) is 17.1. The van der Waals surface area contributed by atoms with Crippen molar-refractivity contribution >= 4 is 45.7 Å². The summed E-state index contributed by atoms with van der Waals surface area (Å²) in [6.07, 6.45) is 3.33. The Balaban J connectivity index is 1.78. The first kappa shape index (κ1) is 31.7. The summed E-state index contributed by atoms with van der Waals surface area (Å²) in [5.74, 6) is -2.09. The van der Waals surface area contributed by atoms with Crippen LogP contribution >= 0.6 is 0 Å². The molecule has 0 aliphatic rings. The van der Waals surface area contributed by atoms with Crippen LogP contribution in [0, 0.1) is 16.7 Å². The summed E-state index contributed by atoms with van der Waals surface area (Å²) in [4.78, 5) is 44.4. The van der Waals surface area contributed by atoms with Crippen molar-refractivity contribution in [2.24, 2.45) is 21.9 Å². The van der Waals surface area contributed by atoms with Crippen molar-refractivity contribution in [2.45, 2.75) is 59.8 Å². The van der Waals surface area contributed by atoms with Crippen LogP contribution in [0.2, 0.25) is 0 Å². The molecule has 0 amide bonds. The minimum absolute atomic E-state index is 0.0307. The third-order valence-electron chi connectivity index (χ3n) is 7.51. The number of carbonyl (C=O) groups excluding carboxylic acids is 3. The second-order valence-electron chi connectivity index (χ2n) is 11.4. The van der Waals surface area contributed by atoms with Crippen LogP contribution in [0.3, 0.4) is 0 Å². The Morgan fingerprint density at radius 1 is 0.951 bits per heavy atom. The average Bonchev–Trinajstić information content (AvgIpc) is 2.96. The van der Waals surface area contributed by atoms with Crippen LogP contribution in [-0.4, -0.2) is 49.6 Å². The molecule has 1 N–H and O–H groups in total. The van der Waals surface area contributed by atoms with Gasteiger partial charge in [-0.05, 0) is 80.5 Å². The van der Waals surface area contributed by atoms with Gasteiger partial charge in [0.1, 0.15) is 0 Å². The molecule has 0 spiro atoms. The van der Waals surface area contributed by atoms with Crippen molar-refractivity contribution in [1.82, 2.24) is 0 Å². The molecule has 220 valence electrons. The zero-order valence-corrected chi connectivity index (χ0v) is 24.6. The minimum Gasteiger partial charge on any atom is -0.469 e. The molecule has 2 unspecified atom stereocenters. The monoisotopic (exact) mass is 563 g/mol. The number of oxime groups is 1. The van der Waals surface area contributed by atoms with Crippen molar-refractivity contribution < 1.29 is 33.8 Å². The zero-order valence-electron chi connectivity index (χ0n) is 24.6. The van der Waals surface area contributed by atoms with Gasteiger partial charge < -0.3 is 19.4 Å². The van der Waals surface area contributed by atoms with Gasteiger partial charge >= 0.3 is 17.9 Å². The number of esters is 2. The van der Waals surface area contributed by atoms with E-state index in [1.54, 1.807) is 27.0 Å². The number of hydrogen-bond acceptors (Lipinski definition) is 8. The van der Waals surface area contributed by atoms with E-state index in [2.05, 4.69) is 11.2 Å². The summed E-state index contributed by atoms with van der Waals surface area (Å²) in [7, 11) is 1.29. The number of rotatable bonds is 14. The van der Waals surface area contributed by atoms with Crippen LogP contribution in [0.4, 0.5) is 0 Å². The fraction of sp³-hybridized carbons (Fsp3) is 0.455. The van der Waals surface area contributed by atoms with Crippen LogP contribution in [0.1, 0.15) is 65.4 Å². The lowest BCUT2D eigenvalue weighted by Crippen LogP contribution is -2.40. The highest BCUT2D eigenvalue weighted by atomic mass is 16.7. The van der Waals surface area contributed by atoms with Crippen LogP contribution in [0.15, 0.2) is 59.8 Å². The Morgan fingerprint density at radius 3 is 2.12 bits per heavy atom. The second-order valence-corrected chi connectivity index (χ2v) is 11.4. The number of aliphatic hydroxyl groups is 1. The Morgan fingerprint density at radius 2 is 1.56 bits per heavy atom. The van der Waals surface area contributed by atoms with Gasteiger partial charge in [-0.3, -0.25) is 9.59 Å². The summed E-state index contributed by atoms with van der Waals surface area (Å²) < 4.78 is 10.5. The lowest BCUT2D eigenvalue weighted by molar-refractivity contribution is -0.163. The van der Waals surface area contributed by atoms with E-state index in [0.717, 1.165) is 27.1 Å². The molecule has 0 radical (unpaired) electrons. The second kappa shape index (κ2) is 14.2. The van der Waals surface area contributed by atoms with Gasteiger partial charge in [-0.15, -0.1) is 0 Å². The van der Waals surface area contributed by atoms with Gasteiger partial charge in [0.2, 0.25) is 0 Å². The third kappa shape index (κ3) is 7.91. The molecule has 8 nitrogen and oxygen atoms in total. The summed E-state index contributed by atoms with van der Waals surface area (Å²) in [6, 6.07) is 18.0. The zero-order chi connectivity index (χ0) is 30.0. The number of fused-ring (bicyclic) bond motifs is 2. The van der Waals surface area contributed by atoms with E-state index < -0.39 is 34.7 Å². The number of nitrogens with zero attached hydrogens (tertiary/aromatic N) is 1. The van der Waals surface area contributed by atoms with Gasteiger partial charge in [-0.25, -0.2) is 4.79 Å². The Labute approximate surface area is 241 Å². The Hall–Kier alpha value is -3.78. The molecular weight excluding hydrogens is 522 g/mol. The molecule has 0 saturated carbocycles. The molecule has 0 aliphatic carbocycles. The van der Waals surface area contributed by atoms with Crippen molar-refractivity contribution in [1.29, 1.82) is 0 Å².